The average molecular weight is 590 g/mol. The van der Waals surface area contributed by atoms with Crippen LogP contribution in [0.1, 0.15) is 33.9 Å². The molecule has 0 fully saturated rings. The summed E-state index contributed by atoms with van der Waals surface area (Å²) in [5.41, 5.74) is 13.6. The van der Waals surface area contributed by atoms with Gasteiger partial charge in [-0.05, 0) is 102 Å². The normalized spacial score (nSPS) is 11.8. The van der Waals surface area contributed by atoms with E-state index in [-0.39, 0.29) is 16.3 Å². The predicted octanol–water partition coefficient (Wildman–Crippen LogP) is 8.95. The molecule has 4 nitrogen and oxygen atoms in total. The van der Waals surface area contributed by atoms with Gasteiger partial charge in [0.1, 0.15) is 0 Å². The highest BCUT2D eigenvalue weighted by Crippen LogP contribution is 2.35. The van der Waals surface area contributed by atoms with E-state index in [1.165, 1.54) is 22.3 Å². The van der Waals surface area contributed by atoms with Crippen LogP contribution in [-0.2, 0) is 6.42 Å². The van der Waals surface area contributed by atoms with Crippen molar-refractivity contribution < 1.29 is 0 Å². The minimum Gasteiger partial charge on any atom is -0.355 e. The Kier molecular flexibility index (Phi) is 9.00. The van der Waals surface area contributed by atoms with Gasteiger partial charge in [-0.1, -0.05) is 48.5 Å². The van der Waals surface area contributed by atoms with Gasteiger partial charge in [-0.3, -0.25) is 0 Å². The number of hydrogen-bond acceptors (Lipinski definition) is 2. The van der Waals surface area contributed by atoms with Crippen LogP contribution in [0, 0.1) is 0 Å². The Morgan fingerprint density at radius 1 is 0.512 bits per heavy atom. The van der Waals surface area contributed by atoms with Gasteiger partial charge >= 0.3 is 0 Å². The van der Waals surface area contributed by atoms with Crippen LogP contribution in [0.2, 0.25) is 0 Å². The van der Waals surface area contributed by atoms with E-state index in [2.05, 4.69) is 98.8 Å². The molecule has 0 saturated carbocycles. The van der Waals surface area contributed by atoms with Gasteiger partial charge < -0.3 is 9.97 Å². The Balaban J connectivity index is 0.000000168. The Bertz CT molecular complexity index is 1770. The minimum absolute atomic E-state index is 0. The van der Waals surface area contributed by atoms with E-state index in [1.54, 1.807) is 0 Å². The molecular formula is C34H26Cl2N4Si. The molecule has 5 heterocycles. The fourth-order valence-corrected chi connectivity index (χ4v) is 5.02. The Hall–Kier alpha value is -4.16. The molecule has 7 heteroatoms. The third-order valence-electron chi connectivity index (χ3n) is 6.75. The molecule has 200 valence electrons. The second kappa shape index (κ2) is 13.0. The van der Waals surface area contributed by atoms with Gasteiger partial charge in [0.15, 0.2) is 0 Å². The summed E-state index contributed by atoms with van der Waals surface area (Å²) in [6.45, 7) is 0. The predicted molar refractivity (Wildman–Crippen MR) is 176 cm³/mol. The number of aromatic amines is 2. The maximum atomic E-state index is 4.76. The number of nitrogens with zero attached hydrogens (tertiary/aromatic N) is 2. The number of fused-ring (bicyclic) bond motifs is 11. The molecule has 3 aromatic heterocycles. The number of aromatic nitrogens is 4. The van der Waals surface area contributed by atoms with Gasteiger partial charge in [-0.25, -0.2) is 9.97 Å². The van der Waals surface area contributed by atoms with E-state index >= 15 is 0 Å². The van der Waals surface area contributed by atoms with E-state index < -0.39 is 0 Å². The lowest BCUT2D eigenvalue weighted by Crippen LogP contribution is -1.77. The van der Waals surface area contributed by atoms with E-state index in [4.69, 9.17) is 23.2 Å². The van der Waals surface area contributed by atoms with Crippen molar-refractivity contribution in [2.24, 2.45) is 0 Å². The van der Waals surface area contributed by atoms with Gasteiger partial charge in [0.05, 0.1) is 28.1 Å². The van der Waals surface area contributed by atoms with Crippen molar-refractivity contribution in [3.63, 3.8) is 0 Å². The molecule has 0 unspecified atom stereocenters. The fraction of sp³-hybridized carbons (Fsp3) is 0.0588. The van der Waals surface area contributed by atoms with Crippen LogP contribution in [0.4, 0.5) is 0 Å². The van der Waals surface area contributed by atoms with E-state index in [9.17, 15) is 0 Å². The highest BCUT2D eigenvalue weighted by atomic mass is 35.5. The Morgan fingerprint density at radius 3 is 1.32 bits per heavy atom. The largest absolute Gasteiger partial charge is 0.355 e. The van der Waals surface area contributed by atoms with Crippen LogP contribution < -0.4 is 0 Å². The minimum atomic E-state index is 0. The zero-order valence-corrected chi connectivity index (χ0v) is 24.6. The lowest BCUT2D eigenvalue weighted by atomic mass is 10.1. The smallest absolute Gasteiger partial charge is 0.0967 e. The summed E-state index contributed by atoms with van der Waals surface area (Å²) in [7, 11) is 0. The number of benzene rings is 2. The van der Waals surface area contributed by atoms with Crippen molar-refractivity contribution in [2.75, 3.05) is 5.34 Å². The fourth-order valence-electron chi connectivity index (χ4n) is 5.02. The standard InChI is InChI=1S/C20H14N4.C13H10.CH2Cl2.Si/c1-2-14-10-16-5-6-18(23-16)12-20-8-7-19(24-20)11-17-4-3-15(22-17)9-13(1)21-14;1-3-7-12-10(5-1)9-11-6-2-4-8-13(11)12;2-1-3;/h1-12,21-22H;1-8H,9H2;1H2;. The summed E-state index contributed by atoms with van der Waals surface area (Å²) >= 11 is 9.53. The number of alkyl halides is 2. The van der Waals surface area contributed by atoms with Crippen LogP contribution in [0.15, 0.2) is 97.1 Å². The Labute approximate surface area is 253 Å². The van der Waals surface area contributed by atoms with Crippen LogP contribution in [-0.4, -0.2) is 36.2 Å². The zero-order chi connectivity index (χ0) is 27.3. The Morgan fingerprint density at radius 2 is 0.878 bits per heavy atom. The van der Waals surface area contributed by atoms with Gasteiger partial charge in [0.25, 0.3) is 0 Å². The van der Waals surface area contributed by atoms with E-state index in [1.807, 2.05) is 42.5 Å². The molecule has 8 rings (SSSR count). The molecule has 4 radical (unpaired) electrons. The van der Waals surface area contributed by atoms with Crippen molar-refractivity contribution in [3.05, 3.63) is 131 Å². The molecule has 2 N–H and O–H groups in total. The second-order valence-corrected chi connectivity index (χ2v) is 10.3. The summed E-state index contributed by atoms with van der Waals surface area (Å²) in [4.78, 5) is 16.0. The van der Waals surface area contributed by atoms with Crippen molar-refractivity contribution in [1.82, 2.24) is 19.9 Å². The number of nitrogens with one attached hydrogen (secondary N) is 2. The molecule has 0 amide bonds. The van der Waals surface area contributed by atoms with Gasteiger partial charge in [0.2, 0.25) is 0 Å². The first-order chi connectivity index (χ1) is 19.7. The third kappa shape index (κ3) is 6.77. The topological polar surface area (TPSA) is 57.4 Å². The molecular weight excluding hydrogens is 563 g/mol. The molecule has 1 aliphatic carbocycles. The molecule has 0 spiro atoms. The van der Waals surface area contributed by atoms with Crippen molar-refractivity contribution in [3.8, 4) is 11.1 Å². The van der Waals surface area contributed by atoms with Crippen LogP contribution in [0.25, 0.3) is 57.5 Å². The number of hydrogen-bond donors (Lipinski definition) is 2. The highest BCUT2D eigenvalue weighted by molar-refractivity contribution is 6.40. The second-order valence-electron chi connectivity index (χ2n) is 9.50. The van der Waals surface area contributed by atoms with Crippen molar-refractivity contribution in [2.45, 2.75) is 6.42 Å². The number of rotatable bonds is 0. The molecule has 5 aromatic rings. The number of halogens is 2. The summed E-state index contributed by atoms with van der Waals surface area (Å²) in [6, 6.07) is 33.7. The van der Waals surface area contributed by atoms with E-state index in [0.29, 0.717) is 0 Å². The van der Waals surface area contributed by atoms with Crippen LogP contribution in [0.3, 0.4) is 0 Å². The first-order valence-corrected chi connectivity index (χ1v) is 14.1. The molecule has 2 aromatic carbocycles. The maximum absolute atomic E-state index is 4.76. The molecule has 0 atom stereocenters. The molecule has 0 saturated heterocycles. The monoisotopic (exact) mass is 588 g/mol. The highest BCUT2D eigenvalue weighted by Gasteiger charge is 2.15. The maximum Gasteiger partial charge on any atom is 0.0967 e. The SMILES string of the molecule is C1=Cc2cc3ccc(cc4ccc(cc5nc(cc1n2)C=C5)[nH]4)[nH]3.ClCCl.[Si].c1ccc2c(c1)Cc1ccccc1-2. The van der Waals surface area contributed by atoms with Crippen LogP contribution >= 0.6 is 23.2 Å². The first kappa shape index (κ1) is 28.4. The summed E-state index contributed by atoms with van der Waals surface area (Å²) in [6.07, 6.45) is 9.15. The van der Waals surface area contributed by atoms with Crippen molar-refractivity contribution >= 4 is 80.5 Å². The lowest BCUT2D eigenvalue weighted by Gasteiger charge is -1.98. The third-order valence-corrected chi connectivity index (χ3v) is 6.75. The van der Waals surface area contributed by atoms with Gasteiger partial charge in [0, 0.05) is 33.0 Å². The summed E-state index contributed by atoms with van der Waals surface area (Å²) in [5.74, 6) is 0. The molecule has 8 bridgehead atoms. The summed E-state index contributed by atoms with van der Waals surface area (Å²) < 4.78 is 0. The first-order valence-electron chi connectivity index (χ1n) is 13.0. The summed E-state index contributed by atoms with van der Waals surface area (Å²) in [5, 5.41) is 0.194. The van der Waals surface area contributed by atoms with Gasteiger partial charge in [-0.15, -0.1) is 23.2 Å². The van der Waals surface area contributed by atoms with Crippen LogP contribution in [0.5, 0.6) is 0 Å². The van der Waals surface area contributed by atoms with E-state index in [0.717, 1.165) is 51.3 Å². The van der Waals surface area contributed by atoms with Gasteiger partial charge in [-0.2, -0.15) is 0 Å². The quantitative estimate of drug-likeness (QED) is 0.137. The zero-order valence-electron chi connectivity index (χ0n) is 22.1. The average Bonchev–Trinajstić information content (AvgIpc) is 3.79. The van der Waals surface area contributed by atoms with Crippen molar-refractivity contribution in [1.29, 1.82) is 0 Å². The molecule has 2 aliphatic heterocycles. The molecule has 3 aliphatic rings. The molecule has 41 heavy (non-hydrogen) atoms. The lowest BCUT2D eigenvalue weighted by molar-refractivity contribution is 1.26. The number of H-pyrrole nitrogens is 2.